The lowest BCUT2D eigenvalue weighted by Gasteiger charge is -2.34. The van der Waals surface area contributed by atoms with Crippen molar-refractivity contribution in [2.24, 2.45) is 0 Å². The highest BCUT2D eigenvalue weighted by atomic mass is 32.2. The summed E-state index contributed by atoms with van der Waals surface area (Å²) in [7, 11) is -3.11. The Hall–Kier alpha value is -1.40. The van der Waals surface area contributed by atoms with Crippen LogP contribution in [-0.4, -0.2) is 55.0 Å². The molecule has 1 heterocycles. The molecule has 1 aromatic carbocycles. The molecule has 1 aliphatic carbocycles. The van der Waals surface area contributed by atoms with Gasteiger partial charge in [0, 0.05) is 31.7 Å². The first-order valence-corrected chi connectivity index (χ1v) is 8.42. The number of nitrogens with zero attached hydrogens (tertiary/aromatic N) is 2. The lowest BCUT2D eigenvalue weighted by atomic mass is 10.2. The van der Waals surface area contributed by atoms with E-state index in [-0.39, 0.29) is 11.2 Å². The summed E-state index contributed by atoms with van der Waals surface area (Å²) in [4.78, 5) is 14.0. The smallest absolute Gasteiger partial charge is 0.253 e. The molecule has 0 spiro atoms. The summed E-state index contributed by atoms with van der Waals surface area (Å²) in [6.45, 7) is 1.77. The molecule has 0 unspecified atom stereocenters. The van der Waals surface area contributed by atoms with Crippen molar-refractivity contribution in [2.45, 2.75) is 18.1 Å². The highest BCUT2D eigenvalue weighted by molar-refractivity contribution is 7.90. The van der Waals surface area contributed by atoms with E-state index in [1.165, 1.54) is 0 Å². The first-order chi connectivity index (χ1) is 9.59. The Balaban J connectivity index is 1.63. The second-order valence-electron chi connectivity index (χ2n) is 5.30. The predicted octanol–water partition coefficient (Wildman–Crippen LogP) is 0.937. The minimum absolute atomic E-state index is 0.0194. The molecular weight excluding hydrogens is 276 g/mol. The summed E-state index contributed by atoms with van der Waals surface area (Å²) in [6, 6.07) is 9.12. The minimum atomic E-state index is -3.11. The van der Waals surface area contributed by atoms with Crippen molar-refractivity contribution < 1.29 is 13.2 Å². The fourth-order valence-electron chi connectivity index (χ4n) is 2.49. The normalized spacial score (nSPS) is 20.9. The second kappa shape index (κ2) is 5.18. The van der Waals surface area contributed by atoms with Gasteiger partial charge < -0.3 is 4.90 Å². The van der Waals surface area contributed by atoms with Crippen LogP contribution in [0.25, 0.3) is 0 Å². The number of piperazine rings is 1. The molecule has 20 heavy (non-hydrogen) atoms. The van der Waals surface area contributed by atoms with Crippen LogP contribution in [0.15, 0.2) is 30.3 Å². The van der Waals surface area contributed by atoms with Crippen LogP contribution >= 0.6 is 0 Å². The summed E-state index contributed by atoms with van der Waals surface area (Å²) >= 11 is 0. The molecule has 2 aliphatic rings. The van der Waals surface area contributed by atoms with Crippen molar-refractivity contribution in [3.05, 3.63) is 35.9 Å². The van der Waals surface area contributed by atoms with Crippen molar-refractivity contribution >= 4 is 15.9 Å². The first-order valence-electron chi connectivity index (χ1n) is 6.92. The second-order valence-corrected chi connectivity index (χ2v) is 7.51. The first kappa shape index (κ1) is 13.6. The number of carbonyl (C=O) groups is 1. The van der Waals surface area contributed by atoms with Gasteiger partial charge in [0.1, 0.15) is 0 Å². The summed E-state index contributed by atoms with van der Waals surface area (Å²) < 4.78 is 25.8. The molecule has 108 valence electrons. The van der Waals surface area contributed by atoms with Gasteiger partial charge in [-0.15, -0.1) is 0 Å². The molecule has 6 heteroatoms. The average molecular weight is 294 g/mol. The van der Waals surface area contributed by atoms with Gasteiger partial charge in [-0.05, 0) is 25.0 Å². The number of sulfonamides is 1. The van der Waals surface area contributed by atoms with Crippen LogP contribution in [0.4, 0.5) is 0 Å². The van der Waals surface area contributed by atoms with Gasteiger partial charge in [-0.3, -0.25) is 4.79 Å². The number of benzene rings is 1. The highest BCUT2D eigenvalue weighted by Crippen LogP contribution is 2.31. The van der Waals surface area contributed by atoms with Gasteiger partial charge in [0.15, 0.2) is 0 Å². The highest BCUT2D eigenvalue weighted by Gasteiger charge is 2.41. The van der Waals surface area contributed by atoms with Crippen LogP contribution in [0.5, 0.6) is 0 Å². The van der Waals surface area contributed by atoms with Crippen molar-refractivity contribution in [2.75, 3.05) is 26.2 Å². The van der Waals surface area contributed by atoms with E-state index in [2.05, 4.69) is 0 Å². The van der Waals surface area contributed by atoms with Crippen LogP contribution in [0.3, 0.4) is 0 Å². The van der Waals surface area contributed by atoms with Gasteiger partial charge in [-0.25, -0.2) is 8.42 Å². The van der Waals surface area contributed by atoms with E-state index in [1.54, 1.807) is 21.3 Å². The lowest BCUT2D eigenvalue weighted by molar-refractivity contribution is 0.0698. The largest absolute Gasteiger partial charge is 0.336 e. The third kappa shape index (κ3) is 2.58. The lowest BCUT2D eigenvalue weighted by Crippen LogP contribution is -2.51. The zero-order valence-electron chi connectivity index (χ0n) is 11.2. The Bertz CT molecular complexity index is 588. The number of amides is 1. The monoisotopic (exact) mass is 294 g/mol. The van der Waals surface area contributed by atoms with Gasteiger partial charge in [0.25, 0.3) is 5.91 Å². The Morgan fingerprint density at radius 3 is 2.15 bits per heavy atom. The number of carbonyl (C=O) groups excluding carboxylic acids is 1. The van der Waals surface area contributed by atoms with E-state index in [4.69, 9.17) is 0 Å². The van der Waals surface area contributed by atoms with Crippen molar-refractivity contribution in [1.82, 2.24) is 9.21 Å². The third-order valence-corrected chi connectivity index (χ3v) is 6.25. The molecule has 0 aromatic heterocycles. The summed E-state index contributed by atoms with van der Waals surface area (Å²) in [5, 5.41) is -0.168. The molecule has 1 aromatic rings. The minimum Gasteiger partial charge on any atom is -0.336 e. The number of rotatable bonds is 3. The van der Waals surface area contributed by atoms with Crippen LogP contribution in [0.2, 0.25) is 0 Å². The SMILES string of the molecule is O=C(c1ccccc1)N1CCN(S(=O)(=O)C2CC2)CC1. The zero-order valence-corrected chi connectivity index (χ0v) is 12.1. The Kier molecular flexibility index (Phi) is 3.52. The Morgan fingerprint density at radius 2 is 1.60 bits per heavy atom. The molecule has 0 N–H and O–H groups in total. The maximum atomic E-state index is 12.3. The summed E-state index contributed by atoms with van der Waals surface area (Å²) in [6.07, 6.45) is 1.57. The molecule has 1 aliphatic heterocycles. The molecule has 3 rings (SSSR count). The molecule has 1 saturated heterocycles. The molecule has 1 saturated carbocycles. The predicted molar refractivity (Wildman–Crippen MR) is 75.9 cm³/mol. The molecule has 5 nitrogen and oxygen atoms in total. The zero-order chi connectivity index (χ0) is 14.2. The van der Waals surface area contributed by atoms with Crippen LogP contribution in [0.1, 0.15) is 23.2 Å². The molecular formula is C14H18N2O3S. The van der Waals surface area contributed by atoms with Gasteiger partial charge >= 0.3 is 0 Å². The Morgan fingerprint density at radius 1 is 1.00 bits per heavy atom. The van der Waals surface area contributed by atoms with E-state index >= 15 is 0 Å². The molecule has 0 bridgehead atoms. The van der Waals surface area contributed by atoms with Gasteiger partial charge in [0.2, 0.25) is 10.0 Å². The summed E-state index contributed by atoms with van der Waals surface area (Å²) in [5.74, 6) is -0.0194. The summed E-state index contributed by atoms with van der Waals surface area (Å²) in [5.41, 5.74) is 0.658. The maximum absolute atomic E-state index is 12.3. The number of hydrogen-bond acceptors (Lipinski definition) is 3. The van der Waals surface area contributed by atoms with E-state index in [0.717, 1.165) is 12.8 Å². The van der Waals surface area contributed by atoms with Crippen molar-refractivity contribution in [1.29, 1.82) is 0 Å². The standard InChI is InChI=1S/C14H18N2O3S/c17-14(12-4-2-1-3-5-12)15-8-10-16(11-9-15)20(18,19)13-6-7-13/h1-5,13H,6-11H2. The molecule has 1 amide bonds. The van der Waals surface area contributed by atoms with E-state index in [0.29, 0.717) is 31.7 Å². The average Bonchev–Trinajstić information content (AvgIpc) is 3.33. The van der Waals surface area contributed by atoms with Gasteiger partial charge in [0.05, 0.1) is 5.25 Å². The Labute approximate surface area is 119 Å². The van der Waals surface area contributed by atoms with Crippen LogP contribution in [-0.2, 0) is 10.0 Å². The molecule has 0 atom stereocenters. The number of hydrogen-bond donors (Lipinski definition) is 0. The van der Waals surface area contributed by atoms with Crippen molar-refractivity contribution in [3.8, 4) is 0 Å². The third-order valence-electron chi connectivity index (χ3n) is 3.85. The van der Waals surface area contributed by atoms with E-state index < -0.39 is 10.0 Å². The fourth-order valence-corrected chi connectivity index (χ4v) is 4.31. The van der Waals surface area contributed by atoms with E-state index in [9.17, 15) is 13.2 Å². The van der Waals surface area contributed by atoms with Crippen LogP contribution in [0, 0.1) is 0 Å². The van der Waals surface area contributed by atoms with Crippen molar-refractivity contribution in [3.63, 3.8) is 0 Å². The fraction of sp³-hybridized carbons (Fsp3) is 0.500. The van der Waals surface area contributed by atoms with Gasteiger partial charge in [-0.1, -0.05) is 18.2 Å². The van der Waals surface area contributed by atoms with Gasteiger partial charge in [-0.2, -0.15) is 4.31 Å². The molecule has 2 fully saturated rings. The quantitative estimate of drug-likeness (QED) is 0.833. The topological polar surface area (TPSA) is 57.7 Å². The maximum Gasteiger partial charge on any atom is 0.253 e. The van der Waals surface area contributed by atoms with E-state index in [1.807, 2.05) is 18.2 Å². The van der Waals surface area contributed by atoms with Crippen LogP contribution < -0.4 is 0 Å². The molecule has 0 radical (unpaired) electrons.